The maximum atomic E-state index is 12.1. The van der Waals surface area contributed by atoms with Crippen LogP contribution in [0.3, 0.4) is 0 Å². The summed E-state index contributed by atoms with van der Waals surface area (Å²) in [5, 5.41) is 0. The first-order valence-corrected chi connectivity index (χ1v) is 8.43. The molecule has 1 amide bonds. The van der Waals surface area contributed by atoms with E-state index in [9.17, 15) is 13.2 Å². The summed E-state index contributed by atoms with van der Waals surface area (Å²) >= 11 is 0. The number of carbonyl (C=O) groups excluding carboxylic acids is 1. The van der Waals surface area contributed by atoms with Crippen LogP contribution in [0.5, 0.6) is 0 Å². The second-order valence-corrected chi connectivity index (χ2v) is 7.29. The Morgan fingerprint density at radius 3 is 2.67 bits per heavy atom. The van der Waals surface area contributed by atoms with Crippen LogP contribution in [-0.4, -0.2) is 49.9 Å². The van der Waals surface area contributed by atoms with E-state index in [1.165, 1.54) is 0 Å². The Hall–Kier alpha value is -0.620. The Morgan fingerprint density at radius 2 is 2.11 bits per heavy atom. The van der Waals surface area contributed by atoms with Crippen LogP contribution in [0, 0.1) is 5.92 Å². The number of piperidine rings is 1. The highest BCUT2D eigenvalue weighted by Gasteiger charge is 2.32. The second-order valence-electron chi connectivity index (χ2n) is 5.10. The molecule has 5 nitrogen and oxygen atoms in total. The van der Waals surface area contributed by atoms with Crippen LogP contribution in [0.2, 0.25) is 0 Å². The minimum absolute atomic E-state index is 0.0110. The zero-order chi connectivity index (χ0) is 13.8. The molecule has 1 fully saturated rings. The topological polar surface area (TPSA) is 80.5 Å². The molecule has 0 radical (unpaired) electrons. The van der Waals surface area contributed by atoms with Crippen LogP contribution >= 0.6 is 0 Å². The summed E-state index contributed by atoms with van der Waals surface area (Å²) in [6.07, 6.45) is 2.52. The Kier molecular flexibility index (Phi) is 5.59. The molecular formula is C12H24N2O3S. The van der Waals surface area contributed by atoms with Gasteiger partial charge in [0, 0.05) is 19.1 Å². The van der Waals surface area contributed by atoms with E-state index < -0.39 is 9.84 Å². The van der Waals surface area contributed by atoms with Crippen LogP contribution in [-0.2, 0) is 14.6 Å². The van der Waals surface area contributed by atoms with E-state index in [2.05, 4.69) is 6.92 Å². The molecule has 0 unspecified atom stereocenters. The summed E-state index contributed by atoms with van der Waals surface area (Å²) in [7, 11) is -3.26. The molecule has 0 spiro atoms. The van der Waals surface area contributed by atoms with Crippen molar-refractivity contribution in [3.05, 3.63) is 0 Å². The second kappa shape index (κ2) is 6.52. The third-order valence-electron chi connectivity index (χ3n) is 3.54. The number of sulfone groups is 1. The first-order valence-electron chi connectivity index (χ1n) is 6.61. The van der Waals surface area contributed by atoms with Crippen LogP contribution in [0.4, 0.5) is 0 Å². The molecule has 0 bridgehead atoms. The largest absolute Gasteiger partial charge is 0.337 e. The highest BCUT2D eigenvalue weighted by atomic mass is 32.2. The molecule has 106 valence electrons. The van der Waals surface area contributed by atoms with Gasteiger partial charge in [0.15, 0.2) is 9.84 Å². The number of amides is 1. The molecule has 0 aromatic carbocycles. The highest BCUT2D eigenvalue weighted by molar-refractivity contribution is 7.92. The van der Waals surface area contributed by atoms with E-state index in [1.807, 2.05) is 0 Å². The molecule has 2 N–H and O–H groups in total. The summed E-state index contributed by atoms with van der Waals surface area (Å²) in [5.41, 5.74) is 5.70. The van der Waals surface area contributed by atoms with Crippen molar-refractivity contribution in [2.75, 3.05) is 24.6 Å². The van der Waals surface area contributed by atoms with E-state index in [-0.39, 0.29) is 23.5 Å². The van der Waals surface area contributed by atoms with Crippen molar-refractivity contribution in [3.63, 3.8) is 0 Å². The van der Waals surface area contributed by atoms with Gasteiger partial charge in [0.25, 0.3) is 0 Å². The first-order chi connectivity index (χ1) is 8.41. The van der Waals surface area contributed by atoms with E-state index >= 15 is 0 Å². The molecule has 0 saturated carbocycles. The van der Waals surface area contributed by atoms with E-state index in [4.69, 9.17) is 5.73 Å². The lowest BCUT2D eigenvalue weighted by Crippen LogP contribution is -2.52. The zero-order valence-corrected chi connectivity index (χ0v) is 12.1. The van der Waals surface area contributed by atoms with Gasteiger partial charge in [-0.15, -0.1) is 0 Å². The number of carbonyl (C=O) groups is 1. The zero-order valence-electron chi connectivity index (χ0n) is 11.3. The molecule has 0 aromatic rings. The summed E-state index contributed by atoms with van der Waals surface area (Å²) in [6.45, 7) is 4.90. The molecule has 1 heterocycles. The van der Waals surface area contributed by atoms with Crippen molar-refractivity contribution >= 4 is 15.7 Å². The van der Waals surface area contributed by atoms with Gasteiger partial charge in [0.1, 0.15) is 5.75 Å². The van der Waals surface area contributed by atoms with Gasteiger partial charge in [-0.3, -0.25) is 4.79 Å². The van der Waals surface area contributed by atoms with Gasteiger partial charge in [-0.25, -0.2) is 8.42 Å². The SMILES string of the molecule is CCCS(=O)(=O)CC(=O)N1CCC[C@H](C)[C@H]1CN. The molecule has 0 aliphatic carbocycles. The van der Waals surface area contributed by atoms with Crippen LogP contribution in [0.25, 0.3) is 0 Å². The summed E-state index contributed by atoms with van der Waals surface area (Å²) in [6, 6.07) is -0.0110. The van der Waals surface area contributed by atoms with Crippen molar-refractivity contribution in [1.29, 1.82) is 0 Å². The van der Waals surface area contributed by atoms with Crippen molar-refractivity contribution in [2.45, 2.75) is 39.2 Å². The fraction of sp³-hybridized carbons (Fsp3) is 0.917. The Bertz CT molecular complexity index is 381. The number of nitrogens with two attached hydrogens (primary N) is 1. The Balaban J connectivity index is 2.70. The van der Waals surface area contributed by atoms with Crippen LogP contribution in [0.15, 0.2) is 0 Å². The fourth-order valence-corrected chi connectivity index (χ4v) is 3.88. The minimum Gasteiger partial charge on any atom is -0.337 e. The maximum absolute atomic E-state index is 12.1. The van der Waals surface area contributed by atoms with Gasteiger partial charge in [0.05, 0.1) is 5.75 Å². The summed E-state index contributed by atoms with van der Waals surface area (Å²) in [4.78, 5) is 13.8. The monoisotopic (exact) mass is 276 g/mol. The number of likely N-dealkylation sites (tertiary alicyclic amines) is 1. The van der Waals surface area contributed by atoms with Gasteiger partial charge in [0.2, 0.25) is 5.91 Å². The summed E-state index contributed by atoms with van der Waals surface area (Å²) < 4.78 is 23.4. The molecule has 18 heavy (non-hydrogen) atoms. The molecule has 6 heteroatoms. The van der Waals surface area contributed by atoms with E-state index in [0.29, 0.717) is 25.4 Å². The van der Waals surface area contributed by atoms with Crippen molar-refractivity contribution in [3.8, 4) is 0 Å². The van der Waals surface area contributed by atoms with Crippen molar-refractivity contribution in [2.24, 2.45) is 11.7 Å². The molecule has 1 aliphatic rings. The maximum Gasteiger partial charge on any atom is 0.238 e. The quantitative estimate of drug-likeness (QED) is 0.788. The summed E-state index contributed by atoms with van der Waals surface area (Å²) in [5.74, 6) is -0.230. The van der Waals surface area contributed by atoms with Gasteiger partial charge >= 0.3 is 0 Å². The number of nitrogens with zero attached hydrogens (tertiary/aromatic N) is 1. The van der Waals surface area contributed by atoms with Crippen LogP contribution < -0.4 is 5.73 Å². The molecule has 1 rings (SSSR count). The minimum atomic E-state index is -3.26. The lowest BCUT2D eigenvalue weighted by atomic mass is 9.91. The molecule has 0 aromatic heterocycles. The van der Waals surface area contributed by atoms with Crippen LogP contribution in [0.1, 0.15) is 33.1 Å². The van der Waals surface area contributed by atoms with Gasteiger partial charge in [-0.05, 0) is 25.2 Å². The highest BCUT2D eigenvalue weighted by Crippen LogP contribution is 2.22. The third kappa shape index (κ3) is 3.95. The first kappa shape index (κ1) is 15.4. The third-order valence-corrected chi connectivity index (χ3v) is 5.25. The van der Waals surface area contributed by atoms with Gasteiger partial charge < -0.3 is 10.6 Å². The number of hydrogen-bond acceptors (Lipinski definition) is 4. The van der Waals surface area contributed by atoms with Crippen molar-refractivity contribution in [1.82, 2.24) is 4.90 Å². The lowest BCUT2D eigenvalue weighted by Gasteiger charge is -2.39. The normalized spacial score (nSPS) is 25.2. The standard InChI is InChI=1S/C12H24N2O3S/c1-3-7-18(16,17)9-12(15)14-6-4-5-10(2)11(14)8-13/h10-11H,3-9,13H2,1-2H3/t10-,11+/m0/s1. The predicted octanol–water partition coefficient (Wildman–Crippen LogP) is 0.397. The Labute approximate surface area is 110 Å². The average Bonchev–Trinajstić information content (AvgIpc) is 2.27. The predicted molar refractivity (Wildman–Crippen MR) is 71.9 cm³/mol. The van der Waals surface area contributed by atoms with Gasteiger partial charge in [-0.1, -0.05) is 13.8 Å². The molecule has 1 saturated heterocycles. The number of hydrogen-bond donors (Lipinski definition) is 1. The smallest absolute Gasteiger partial charge is 0.238 e. The van der Waals surface area contributed by atoms with E-state index in [0.717, 1.165) is 12.8 Å². The molecule has 2 atom stereocenters. The van der Waals surface area contributed by atoms with E-state index in [1.54, 1.807) is 11.8 Å². The lowest BCUT2D eigenvalue weighted by molar-refractivity contribution is -0.133. The fourth-order valence-electron chi connectivity index (χ4n) is 2.57. The van der Waals surface area contributed by atoms with Gasteiger partial charge in [-0.2, -0.15) is 0 Å². The van der Waals surface area contributed by atoms with Crippen molar-refractivity contribution < 1.29 is 13.2 Å². The Morgan fingerprint density at radius 1 is 1.44 bits per heavy atom. The molecular weight excluding hydrogens is 252 g/mol. The average molecular weight is 276 g/mol. The molecule has 1 aliphatic heterocycles. The number of rotatable bonds is 5.